The summed E-state index contributed by atoms with van der Waals surface area (Å²) in [6.07, 6.45) is 2.79. The van der Waals surface area contributed by atoms with Gasteiger partial charge in [0.15, 0.2) is 0 Å². The molecule has 1 aliphatic rings. The van der Waals surface area contributed by atoms with Gasteiger partial charge in [-0.2, -0.15) is 0 Å². The molecule has 0 spiro atoms. The van der Waals surface area contributed by atoms with Gasteiger partial charge in [0.05, 0.1) is 24.5 Å². The summed E-state index contributed by atoms with van der Waals surface area (Å²) in [4.78, 5) is 57.9. The van der Waals surface area contributed by atoms with Crippen LogP contribution in [0.3, 0.4) is 0 Å². The molecule has 56 heavy (non-hydrogen) atoms. The number of nitrogens with one attached hydrogen (secondary N) is 3. The van der Waals surface area contributed by atoms with Crippen molar-refractivity contribution >= 4 is 63.6 Å². The van der Waals surface area contributed by atoms with Gasteiger partial charge in [0, 0.05) is 40.7 Å². The highest BCUT2D eigenvalue weighted by atomic mass is 32.2. The molecule has 1 unspecified atom stereocenters. The number of fused-ring (bicyclic) bond motifs is 1. The Hall–Kier alpha value is -5.69. The summed E-state index contributed by atoms with van der Waals surface area (Å²) in [7, 11) is 1.36. The number of thioether (sulfide) groups is 1. The van der Waals surface area contributed by atoms with Crippen LogP contribution in [0.5, 0.6) is 5.75 Å². The van der Waals surface area contributed by atoms with Crippen LogP contribution in [0.1, 0.15) is 62.6 Å². The van der Waals surface area contributed by atoms with Gasteiger partial charge in [0.2, 0.25) is 5.91 Å². The quantitative estimate of drug-likeness (QED) is 0.0549. The molecule has 12 heteroatoms. The minimum absolute atomic E-state index is 0.0510. The van der Waals surface area contributed by atoms with E-state index in [4.69, 9.17) is 9.47 Å². The number of thiophene rings is 1. The maximum absolute atomic E-state index is 13.8. The Balaban J connectivity index is 1.16. The van der Waals surface area contributed by atoms with Crippen LogP contribution in [0, 0.1) is 0 Å². The summed E-state index contributed by atoms with van der Waals surface area (Å²) in [5.41, 5.74) is 4.22. The van der Waals surface area contributed by atoms with E-state index < -0.39 is 23.0 Å². The highest BCUT2D eigenvalue weighted by molar-refractivity contribution is 8.00. The minimum atomic E-state index is -0.519. The second-order valence-corrected chi connectivity index (χ2v) is 15.4. The van der Waals surface area contributed by atoms with E-state index in [1.54, 1.807) is 72.8 Å². The average molecular weight is 789 g/mol. The van der Waals surface area contributed by atoms with Crippen LogP contribution in [-0.4, -0.2) is 54.1 Å². The predicted octanol–water partition coefficient (Wildman–Crippen LogP) is 8.41. The first-order valence-corrected chi connectivity index (χ1v) is 20.1. The Morgan fingerprint density at radius 1 is 0.893 bits per heavy atom. The molecule has 0 saturated carbocycles. The zero-order valence-electron chi connectivity index (χ0n) is 31.5. The van der Waals surface area contributed by atoms with Crippen molar-refractivity contribution in [2.24, 2.45) is 0 Å². The second kappa shape index (κ2) is 19.3. The zero-order valence-corrected chi connectivity index (χ0v) is 33.1. The van der Waals surface area contributed by atoms with Crippen LogP contribution in [0.15, 0.2) is 120 Å². The molecule has 1 atom stereocenters. The number of esters is 1. The number of ether oxygens (including phenoxy) is 2. The summed E-state index contributed by atoms with van der Waals surface area (Å²) >= 11 is 2.79. The number of rotatable bonds is 15. The van der Waals surface area contributed by atoms with Crippen molar-refractivity contribution in [1.82, 2.24) is 10.2 Å². The minimum Gasteiger partial charge on any atom is -0.494 e. The van der Waals surface area contributed by atoms with Gasteiger partial charge in [-0.15, -0.1) is 23.1 Å². The number of carbonyl (C=O) groups is 4. The first-order chi connectivity index (χ1) is 27.2. The normalized spacial score (nSPS) is 13.2. The lowest BCUT2D eigenvalue weighted by Crippen LogP contribution is -2.30. The molecule has 1 aliphatic heterocycles. The molecule has 3 amide bonds. The Bertz CT molecular complexity index is 2190. The molecular formula is C44H44N4O6S2. The molecule has 6 rings (SSSR count). The van der Waals surface area contributed by atoms with Crippen LogP contribution in [0.2, 0.25) is 0 Å². The van der Waals surface area contributed by atoms with Crippen molar-refractivity contribution in [3.8, 4) is 5.75 Å². The smallest absolute Gasteiger partial charge is 0.341 e. The molecule has 5 aromatic rings. The molecule has 4 aromatic carbocycles. The fraction of sp³-hybridized carbons (Fsp3) is 0.227. The monoisotopic (exact) mass is 788 g/mol. The van der Waals surface area contributed by atoms with Crippen molar-refractivity contribution in [2.75, 3.05) is 30.9 Å². The molecule has 0 radical (unpaired) electrons. The summed E-state index contributed by atoms with van der Waals surface area (Å²) in [6.45, 7) is 6.61. The van der Waals surface area contributed by atoms with Crippen LogP contribution >= 0.6 is 23.1 Å². The van der Waals surface area contributed by atoms with E-state index in [0.717, 1.165) is 28.4 Å². The van der Waals surface area contributed by atoms with Crippen molar-refractivity contribution in [2.45, 2.75) is 49.9 Å². The number of amides is 3. The third kappa shape index (κ3) is 10.3. The Morgan fingerprint density at radius 2 is 1.62 bits per heavy atom. The van der Waals surface area contributed by atoms with Crippen LogP contribution in [0.25, 0.3) is 6.08 Å². The van der Waals surface area contributed by atoms with E-state index in [-0.39, 0.29) is 11.6 Å². The average Bonchev–Trinajstić information content (AvgIpc) is 3.57. The van der Waals surface area contributed by atoms with E-state index in [9.17, 15) is 19.2 Å². The highest BCUT2D eigenvalue weighted by Crippen LogP contribution is 2.39. The maximum atomic E-state index is 13.8. The van der Waals surface area contributed by atoms with E-state index in [1.807, 2.05) is 44.2 Å². The number of hydrogen-bond acceptors (Lipinski definition) is 9. The van der Waals surface area contributed by atoms with Crippen molar-refractivity contribution in [3.05, 3.63) is 148 Å². The number of methoxy groups -OCH3 is 1. The number of nitrogens with zero attached hydrogens (tertiary/aromatic N) is 1. The van der Waals surface area contributed by atoms with E-state index >= 15 is 0 Å². The Kier molecular flexibility index (Phi) is 13.7. The second-order valence-electron chi connectivity index (χ2n) is 13.0. The van der Waals surface area contributed by atoms with Gasteiger partial charge in [0.25, 0.3) is 11.8 Å². The fourth-order valence-electron chi connectivity index (χ4n) is 6.30. The summed E-state index contributed by atoms with van der Waals surface area (Å²) < 4.78 is 10.7. The molecule has 0 aliphatic carbocycles. The van der Waals surface area contributed by atoms with Crippen LogP contribution in [0.4, 0.5) is 10.7 Å². The number of benzene rings is 4. The van der Waals surface area contributed by atoms with E-state index in [2.05, 4.69) is 33.0 Å². The van der Waals surface area contributed by atoms with Crippen molar-refractivity contribution in [1.29, 1.82) is 0 Å². The van der Waals surface area contributed by atoms with Gasteiger partial charge in [-0.25, -0.2) is 4.79 Å². The van der Waals surface area contributed by atoms with Gasteiger partial charge >= 0.3 is 5.97 Å². The predicted molar refractivity (Wildman–Crippen MR) is 223 cm³/mol. The summed E-state index contributed by atoms with van der Waals surface area (Å²) in [5, 5.41) is 8.74. The topological polar surface area (TPSA) is 126 Å². The van der Waals surface area contributed by atoms with Crippen molar-refractivity contribution < 1.29 is 28.7 Å². The third-order valence-corrected chi connectivity index (χ3v) is 11.6. The first-order valence-electron chi connectivity index (χ1n) is 18.4. The lowest BCUT2D eigenvalue weighted by molar-refractivity contribution is -0.116. The number of carbonyl (C=O) groups excluding carboxylic acids is 4. The molecule has 2 heterocycles. The fourth-order valence-corrected chi connectivity index (χ4v) is 8.59. The third-order valence-electron chi connectivity index (χ3n) is 9.08. The summed E-state index contributed by atoms with van der Waals surface area (Å²) in [5.74, 6) is -0.947. The Morgan fingerprint density at radius 3 is 2.32 bits per heavy atom. The molecule has 0 fully saturated rings. The van der Waals surface area contributed by atoms with Crippen LogP contribution < -0.4 is 20.7 Å². The summed E-state index contributed by atoms with van der Waals surface area (Å²) in [6, 6.07) is 33.3. The molecular weight excluding hydrogens is 745 g/mol. The number of anilines is 2. The van der Waals surface area contributed by atoms with Gasteiger partial charge in [-0.3, -0.25) is 19.3 Å². The largest absolute Gasteiger partial charge is 0.494 e. The van der Waals surface area contributed by atoms with Gasteiger partial charge < -0.3 is 25.4 Å². The van der Waals surface area contributed by atoms with E-state index in [1.165, 1.54) is 35.8 Å². The lowest BCUT2D eigenvalue weighted by atomic mass is 10.0. The molecule has 10 nitrogen and oxygen atoms in total. The molecule has 0 bridgehead atoms. The highest BCUT2D eigenvalue weighted by Gasteiger charge is 2.30. The molecule has 288 valence electrons. The SMILES string of the molecule is CCOc1ccc(/C=C(/NC(=O)c2ccccc2)C(=O)Nc2cccc(SC(CC)C(=O)Nc3sc4c(c3C(=O)OC)CCN(Cc3ccccc3)C4)c2)cc1. The first kappa shape index (κ1) is 40.0. The van der Waals surface area contributed by atoms with Crippen molar-refractivity contribution in [3.63, 3.8) is 0 Å². The molecule has 1 aromatic heterocycles. The van der Waals surface area contributed by atoms with E-state index in [0.29, 0.717) is 59.1 Å². The Labute approximate surface area is 335 Å². The molecule has 3 N–H and O–H groups in total. The number of hydrogen-bond donors (Lipinski definition) is 3. The lowest BCUT2D eigenvalue weighted by Gasteiger charge is -2.27. The van der Waals surface area contributed by atoms with Gasteiger partial charge in [-0.1, -0.05) is 73.7 Å². The zero-order chi connectivity index (χ0) is 39.4. The molecule has 0 saturated heterocycles. The van der Waals surface area contributed by atoms with Gasteiger partial charge in [0.1, 0.15) is 16.4 Å². The van der Waals surface area contributed by atoms with Crippen LogP contribution in [-0.2, 0) is 33.8 Å². The standard InChI is InChI=1S/C44H44N4O6S2/c1-4-37(42(51)47-43-39(44(52)53-3)35-23-24-48(28-38(35)56-43)27-30-13-8-6-9-14-30)55-34-18-12-17-32(26-34)45-41(50)36(46-40(49)31-15-10-7-11-16-31)25-29-19-21-33(22-20-29)54-5-2/h6-22,25-26,37H,4-5,23-24,27-28H2,1-3H3,(H,45,50)(H,46,49)(H,47,51)/b36-25+. The van der Waals surface area contributed by atoms with Gasteiger partial charge in [-0.05, 0) is 85.0 Å². The maximum Gasteiger partial charge on any atom is 0.341 e.